The Morgan fingerprint density at radius 3 is 2.71 bits per heavy atom. The van der Waals surface area contributed by atoms with E-state index in [0.717, 1.165) is 12.8 Å². The third-order valence-corrected chi connectivity index (χ3v) is 4.15. The molecule has 0 bridgehead atoms. The zero-order chi connectivity index (χ0) is 15.3. The van der Waals surface area contributed by atoms with Crippen molar-refractivity contribution < 1.29 is 18.6 Å². The molecular formula is C16H24FNO3. The molecule has 2 rings (SSSR count). The summed E-state index contributed by atoms with van der Waals surface area (Å²) in [6, 6.07) is 4.86. The highest BCUT2D eigenvalue weighted by Gasteiger charge is 2.39. The average molecular weight is 297 g/mol. The van der Waals surface area contributed by atoms with Crippen molar-refractivity contribution in [1.29, 1.82) is 0 Å². The van der Waals surface area contributed by atoms with E-state index in [1.165, 1.54) is 7.11 Å². The van der Waals surface area contributed by atoms with Crippen molar-refractivity contribution in [2.24, 2.45) is 5.73 Å². The van der Waals surface area contributed by atoms with Crippen LogP contribution in [0.1, 0.15) is 25.3 Å². The Hall–Kier alpha value is -1.17. The molecule has 1 aromatic rings. The van der Waals surface area contributed by atoms with Gasteiger partial charge in [0.15, 0.2) is 11.6 Å². The van der Waals surface area contributed by atoms with E-state index in [1.807, 2.05) is 6.92 Å². The molecule has 21 heavy (non-hydrogen) atoms. The quantitative estimate of drug-likeness (QED) is 0.875. The highest BCUT2D eigenvalue weighted by atomic mass is 19.1. The smallest absolute Gasteiger partial charge is 0.168 e. The van der Waals surface area contributed by atoms with E-state index in [4.69, 9.17) is 19.9 Å². The van der Waals surface area contributed by atoms with Gasteiger partial charge in [-0.25, -0.2) is 4.39 Å². The fourth-order valence-corrected chi connectivity index (χ4v) is 2.92. The van der Waals surface area contributed by atoms with Crippen molar-refractivity contribution in [3.8, 4) is 5.75 Å². The van der Waals surface area contributed by atoms with Crippen LogP contribution >= 0.6 is 0 Å². The molecule has 118 valence electrons. The van der Waals surface area contributed by atoms with Crippen LogP contribution in [-0.2, 0) is 15.9 Å². The van der Waals surface area contributed by atoms with Gasteiger partial charge in [0, 0.05) is 38.7 Å². The number of ether oxygens (including phenoxy) is 3. The maximum absolute atomic E-state index is 14.3. The first-order valence-electron chi connectivity index (χ1n) is 7.41. The number of hydrogen-bond donors (Lipinski definition) is 1. The first-order valence-corrected chi connectivity index (χ1v) is 7.41. The van der Waals surface area contributed by atoms with E-state index in [1.54, 1.807) is 18.2 Å². The minimum absolute atomic E-state index is 0.247. The molecule has 1 aliphatic heterocycles. The Morgan fingerprint density at radius 1 is 1.38 bits per heavy atom. The predicted molar refractivity (Wildman–Crippen MR) is 79.0 cm³/mol. The van der Waals surface area contributed by atoms with Crippen molar-refractivity contribution >= 4 is 0 Å². The summed E-state index contributed by atoms with van der Waals surface area (Å²) in [5.41, 5.74) is 6.51. The third kappa shape index (κ3) is 3.54. The molecule has 1 heterocycles. The van der Waals surface area contributed by atoms with Crippen LogP contribution in [0.15, 0.2) is 18.2 Å². The molecule has 1 fully saturated rings. The first kappa shape index (κ1) is 16.2. The molecular weight excluding hydrogens is 273 g/mol. The Kier molecular flexibility index (Phi) is 5.56. The van der Waals surface area contributed by atoms with Gasteiger partial charge in [-0.05, 0) is 25.0 Å². The van der Waals surface area contributed by atoms with Crippen molar-refractivity contribution in [1.82, 2.24) is 0 Å². The van der Waals surface area contributed by atoms with E-state index < -0.39 is 5.60 Å². The molecule has 1 saturated heterocycles. The standard InChI is InChI=1S/C16H24FNO3/c1-3-21-16(7-9-20-10-8-16)14(18)11-12-5-4-6-13(19-2)15(12)17/h4-6,14H,3,7-11,18H2,1-2H3. The molecule has 0 radical (unpaired) electrons. The summed E-state index contributed by atoms with van der Waals surface area (Å²) in [6.45, 7) is 3.81. The van der Waals surface area contributed by atoms with Crippen molar-refractivity contribution in [2.75, 3.05) is 26.9 Å². The lowest BCUT2D eigenvalue weighted by Gasteiger charge is -2.41. The number of hydrogen-bond acceptors (Lipinski definition) is 4. The van der Waals surface area contributed by atoms with Gasteiger partial charge >= 0.3 is 0 Å². The number of benzene rings is 1. The van der Waals surface area contributed by atoms with Crippen LogP contribution in [0.3, 0.4) is 0 Å². The third-order valence-electron chi connectivity index (χ3n) is 4.15. The van der Waals surface area contributed by atoms with Crippen LogP contribution in [0.4, 0.5) is 4.39 Å². The van der Waals surface area contributed by atoms with Gasteiger partial charge in [-0.2, -0.15) is 0 Å². The van der Waals surface area contributed by atoms with Gasteiger partial charge in [0.2, 0.25) is 0 Å². The lowest BCUT2D eigenvalue weighted by Crippen LogP contribution is -2.54. The minimum Gasteiger partial charge on any atom is -0.494 e. The summed E-state index contributed by atoms with van der Waals surface area (Å²) >= 11 is 0. The van der Waals surface area contributed by atoms with Crippen LogP contribution in [-0.4, -0.2) is 38.6 Å². The van der Waals surface area contributed by atoms with E-state index >= 15 is 0 Å². The fraction of sp³-hybridized carbons (Fsp3) is 0.625. The summed E-state index contributed by atoms with van der Waals surface area (Å²) in [7, 11) is 1.46. The van der Waals surface area contributed by atoms with Crippen LogP contribution in [0.2, 0.25) is 0 Å². The summed E-state index contributed by atoms with van der Waals surface area (Å²) < 4.78 is 30.6. The van der Waals surface area contributed by atoms with Gasteiger partial charge in [-0.3, -0.25) is 0 Å². The maximum Gasteiger partial charge on any atom is 0.168 e. The van der Waals surface area contributed by atoms with E-state index in [-0.39, 0.29) is 17.6 Å². The van der Waals surface area contributed by atoms with Gasteiger partial charge in [0.1, 0.15) is 0 Å². The van der Waals surface area contributed by atoms with Crippen LogP contribution in [0.25, 0.3) is 0 Å². The summed E-state index contributed by atoms with van der Waals surface area (Å²) in [6.07, 6.45) is 1.91. The Bertz CT molecular complexity index is 455. The second kappa shape index (κ2) is 7.20. The van der Waals surface area contributed by atoms with Crippen molar-refractivity contribution in [3.63, 3.8) is 0 Å². The van der Waals surface area contributed by atoms with Gasteiger partial charge in [-0.1, -0.05) is 12.1 Å². The van der Waals surface area contributed by atoms with Gasteiger partial charge in [-0.15, -0.1) is 0 Å². The van der Waals surface area contributed by atoms with Crippen molar-refractivity contribution in [2.45, 2.75) is 37.8 Å². The predicted octanol–water partition coefficient (Wildman–Crippen LogP) is 2.29. The Labute approximate surface area is 125 Å². The summed E-state index contributed by atoms with van der Waals surface area (Å²) in [5, 5.41) is 0. The normalized spacial score (nSPS) is 19.2. The number of rotatable bonds is 6. The molecule has 1 aromatic carbocycles. The zero-order valence-electron chi connectivity index (χ0n) is 12.7. The van der Waals surface area contributed by atoms with Crippen LogP contribution in [0.5, 0.6) is 5.75 Å². The second-order valence-corrected chi connectivity index (χ2v) is 5.35. The van der Waals surface area contributed by atoms with E-state index in [0.29, 0.717) is 31.8 Å². The van der Waals surface area contributed by atoms with Gasteiger partial charge in [0.25, 0.3) is 0 Å². The summed E-state index contributed by atoms with van der Waals surface area (Å²) in [5.74, 6) is -0.0914. The maximum atomic E-state index is 14.3. The highest BCUT2D eigenvalue weighted by molar-refractivity contribution is 5.32. The lowest BCUT2D eigenvalue weighted by atomic mass is 9.83. The average Bonchev–Trinajstić information content (AvgIpc) is 2.50. The van der Waals surface area contributed by atoms with E-state index in [9.17, 15) is 4.39 Å². The number of nitrogens with two attached hydrogens (primary N) is 1. The Balaban J connectivity index is 2.17. The molecule has 0 aromatic heterocycles. The van der Waals surface area contributed by atoms with Crippen LogP contribution in [0, 0.1) is 5.82 Å². The Morgan fingerprint density at radius 2 is 2.10 bits per heavy atom. The molecule has 0 amide bonds. The number of halogens is 1. The minimum atomic E-state index is -0.428. The molecule has 1 unspecified atom stereocenters. The number of methoxy groups -OCH3 is 1. The molecule has 5 heteroatoms. The van der Waals surface area contributed by atoms with E-state index in [2.05, 4.69) is 0 Å². The topological polar surface area (TPSA) is 53.7 Å². The van der Waals surface area contributed by atoms with Crippen LogP contribution < -0.4 is 10.5 Å². The highest BCUT2D eigenvalue weighted by Crippen LogP contribution is 2.31. The lowest BCUT2D eigenvalue weighted by molar-refractivity contribution is -0.120. The molecule has 0 aliphatic carbocycles. The van der Waals surface area contributed by atoms with Crippen molar-refractivity contribution in [3.05, 3.63) is 29.6 Å². The van der Waals surface area contributed by atoms with Gasteiger partial charge in [0.05, 0.1) is 12.7 Å². The molecule has 0 saturated carbocycles. The summed E-state index contributed by atoms with van der Waals surface area (Å²) in [4.78, 5) is 0. The SMILES string of the molecule is CCOC1(C(N)Cc2cccc(OC)c2F)CCOCC1. The zero-order valence-corrected chi connectivity index (χ0v) is 12.7. The monoisotopic (exact) mass is 297 g/mol. The largest absolute Gasteiger partial charge is 0.494 e. The first-order chi connectivity index (χ1) is 10.1. The van der Waals surface area contributed by atoms with Gasteiger partial charge < -0.3 is 19.9 Å². The molecule has 2 N–H and O–H groups in total. The molecule has 0 spiro atoms. The fourth-order valence-electron chi connectivity index (χ4n) is 2.92. The molecule has 4 nitrogen and oxygen atoms in total. The molecule has 1 aliphatic rings. The molecule has 1 atom stereocenters. The second-order valence-electron chi connectivity index (χ2n) is 5.35.